The third-order valence-corrected chi connectivity index (χ3v) is 2.62. The van der Waals surface area contributed by atoms with Gasteiger partial charge in [-0.25, -0.2) is 0 Å². The molecule has 0 atom stereocenters. The summed E-state index contributed by atoms with van der Waals surface area (Å²) in [4.78, 5) is 12.3. The van der Waals surface area contributed by atoms with E-state index in [1.54, 1.807) is 0 Å². The van der Waals surface area contributed by atoms with E-state index in [-0.39, 0.29) is 18.1 Å². The number of hydrogen-bond donors (Lipinski definition) is 1. The first-order valence-corrected chi connectivity index (χ1v) is 6.29. The molecule has 0 bridgehead atoms. The Kier molecular flexibility index (Phi) is 2.98. The number of para-hydroxylation sites is 1. The first-order chi connectivity index (χ1) is 9.61. The molecule has 0 saturated carbocycles. The molecule has 2 N–H and O–H groups in total. The van der Waals surface area contributed by atoms with Crippen LogP contribution in [-0.2, 0) is 0 Å². The van der Waals surface area contributed by atoms with Gasteiger partial charge in [0.05, 0.1) is 6.10 Å². The summed E-state index contributed by atoms with van der Waals surface area (Å²) in [6, 6.07) is 9.75. The Balaban J connectivity index is 2.06. The molecule has 0 aliphatic carbocycles. The van der Waals surface area contributed by atoms with Gasteiger partial charge in [-0.3, -0.25) is 0 Å². The summed E-state index contributed by atoms with van der Waals surface area (Å²) < 4.78 is 11.2. The number of nitrogen functional groups attached to an aromatic ring is 1. The molecule has 2 heterocycles. The molecule has 0 aliphatic heterocycles. The third-order valence-electron chi connectivity index (χ3n) is 2.62. The molecule has 0 spiro atoms. The Bertz CT molecular complexity index is 719. The zero-order valence-electron chi connectivity index (χ0n) is 11.2. The standard InChI is InChI=1S/C14H14N4O2/c1-8(2)19-14-17-12(16-13(15)18-14)11-7-9-5-3-4-6-10(9)20-11/h3-8H,1-2H3,(H2,15,16,17,18). The maximum atomic E-state index is 5.71. The summed E-state index contributed by atoms with van der Waals surface area (Å²) in [6.45, 7) is 3.78. The van der Waals surface area contributed by atoms with Crippen LogP contribution in [-0.4, -0.2) is 21.1 Å². The zero-order chi connectivity index (χ0) is 14.1. The van der Waals surface area contributed by atoms with Gasteiger partial charge in [0.25, 0.3) is 0 Å². The molecule has 1 aromatic carbocycles. The van der Waals surface area contributed by atoms with Crippen molar-refractivity contribution in [1.29, 1.82) is 0 Å². The number of anilines is 1. The lowest BCUT2D eigenvalue weighted by molar-refractivity contribution is 0.222. The lowest BCUT2D eigenvalue weighted by Gasteiger charge is -2.08. The molecule has 102 valence electrons. The Labute approximate surface area is 115 Å². The van der Waals surface area contributed by atoms with Crippen molar-refractivity contribution in [3.05, 3.63) is 30.3 Å². The molecule has 0 aliphatic rings. The van der Waals surface area contributed by atoms with Crippen LogP contribution in [0, 0.1) is 0 Å². The lowest BCUT2D eigenvalue weighted by Crippen LogP contribution is -2.10. The van der Waals surface area contributed by atoms with Gasteiger partial charge in [-0.15, -0.1) is 0 Å². The number of nitrogens with two attached hydrogens (primary N) is 1. The highest BCUT2D eigenvalue weighted by Gasteiger charge is 2.13. The van der Waals surface area contributed by atoms with Gasteiger partial charge in [0.15, 0.2) is 5.76 Å². The first-order valence-electron chi connectivity index (χ1n) is 6.29. The highest BCUT2D eigenvalue weighted by atomic mass is 16.5. The van der Waals surface area contributed by atoms with Gasteiger partial charge in [0.1, 0.15) is 5.58 Å². The predicted molar refractivity (Wildman–Crippen MR) is 75.2 cm³/mol. The SMILES string of the molecule is CC(C)Oc1nc(N)nc(-c2cc3ccccc3o2)n1. The minimum Gasteiger partial charge on any atom is -0.461 e. The summed E-state index contributed by atoms with van der Waals surface area (Å²) in [5, 5.41) is 0.979. The van der Waals surface area contributed by atoms with Gasteiger partial charge < -0.3 is 14.9 Å². The van der Waals surface area contributed by atoms with Crippen LogP contribution in [0.4, 0.5) is 5.95 Å². The third kappa shape index (κ3) is 2.40. The van der Waals surface area contributed by atoms with Crippen molar-refractivity contribution in [2.75, 3.05) is 5.73 Å². The number of fused-ring (bicyclic) bond motifs is 1. The number of benzene rings is 1. The molecule has 6 heteroatoms. The summed E-state index contributed by atoms with van der Waals surface area (Å²) >= 11 is 0. The molecule has 0 radical (unpaired) electrons. The van der Waals surface area contributed by atoms with Gasteiger partial charge in [-0.2, -0.15) is 15.0 Å². The normalized spacial score (nSPS) is 11.2. The molecule has 6 nitrogen and oxygen atoms in total. The molecule has 0 saturated heterocycles. The number of ether oxygens (including phenoxy) is 1. The Morgan fingerprint density at radius 1 is 1.15 bits per heavy atom. The first kappa shape index (κ1) is 12.4. The quantitative estimate of drug-likeness (QED) is 0.787. The Morgan fingerprint density at radius 3 is 2.70 bits per heavy atom. The fraction of sp³-hybridized carbons (Fsp3) is 0.214. The van der Waals surface area contributed by atoms with Crippen LogP contribution in [0.2, 0.25) is 0 Å². The van der Waals surface area contributed by atoms with Crippen LogP contribution in [0.1, 0.15) is 13.8 Å². The van der Waals surface area contributed by atoms with Crippen molar-refractivity contribution >= 4 is 16.9 Å². The maximum absolute atomic E-state index is 5.71. The van der Waals surface area contributed by atoms with Crippen LogP contribution in [0.25, 0.3) is 22.6 Å². The summed E-state index contributed by atoms with van der Waals surface area (Å²) in [5.74, 6) is 1.00. The molecular formula is C14H14N4O2. The van der Waals surface area contributed by atoms with Gasteiger partial charge in [0.2, 0.25) is 11.8 Å². The van der Waals surface area contributed by atoms with E-state index in [1.807, 2.05) is 44.2 Å². The van der Waals surface area contributed by atoms with E-state index in [9.17, 15) is 0 Å². The lowest BCUT2D eigenvalue weighted by atomic mass is 10.2. The fourth-order valence-electron chi connectivity index (χ4n) is 1.84. The van der Waals surface area contributed by atoms with Crippen LogP contribution >= 0.6 is 0 Å². The number of rotatable bonds is 3. The van der Waals surface area contributed by atoms with Crippen molar-refractivity contribution in [2.45, 2.75) is 20.0 Å². The largest absolute Gasteiger partial charge is 0.461 e. The maximum Gasteiger partial charge on any atom is 0.322 e. The van der Waals surface area contributed by atoms with E-state index in [2.05, 4.69) is 15.0 Å². The summed E-state index contributed by atoms with van der Waals surface area (Å²) in [7, 11) is 0. The predicted octanol–water partition coefficient (Wildman–Crippen LogP) is 2.65. The van der Waals surface area contributed by atoms with Crippen LogP contribution in [0.15, 0.2) is 34.7 Å². The second kappa shape index (κ2) is 4.80. The van der Waals surface area contributed by atoms with Gasteiger partial charge >= 0.3 is 6.01 Å². The van der Waals surface area contributed by atoms with E-state index in [1.165, 1.54) is 0 Å². The smallest absolute Gasteiger partial charge is 0.322 e. The molecule has 0 amide bonds. The van der Waals surface area contributed by atoms with E-state index in [0.717, 1.165) is 11.0 Å². The topological polar surface area (TPSA) is 87.1 Å². The number of furan rings is 1. The molecule has 0 unspecified atom stereocenters. The molecule has 0 fully saturated rings. The molecular weight excluding hydrogens is 256 g/mol. The minimum atomic E-state index is -0.0414. The second-order valence-electron chi connectivity index (χ2n) is 4.61. The number of hydrogen-bond acceptors (Lipinski definition) is 6. The van der Waals surface area contributed by atoms with Crippen molar-refractivity contribution in [2.24, 2.45) is 0 Å². The van der Waals surface area contributed by atoms with Gasteiger partial charge in [-0.05, 0) is 26.0 Å². The zero-order valence-corrected chi connectivity index (χ0v) is 11.2. The summed E-state index contributed by atoms with van der Waals surface area (Å²) in [6.07, 6.45) is -0.0414. The highest BCUT2D eigenvalue weighted by Crippen LogP contribution is 2.26. The van der Waals surface area contributed by atoms with Crippen molar-refractivity contribution in [3.63, 3.8) is 0 Å². The van der Waals surface area contributed by atoms with Crippen molar-refractivity contribution in [1.82, 2.24) is 15.0 Å². The highest BCUT2D eigenvalue weighted by molar-refractivity contribution is 5.81. The molecule has 2 aromatic heterocycles. The Hall–Kier alpha value is -2.63. The fourth-order valence-corrected chi connectivity index (χ4v) is 1.84. The van der Waals surface area contributed by atoms with E-state index >= 15 is 0 Å². The van der Waals surface area contributed by atoms with Gasteiger partial charge in [-0.1, -0.05) is 18.2 Å². The number of nitrogens with zero attached hydrogens (tertiary/aromatic N) is 3. The monoisotopic (exact) mass is 270 g/mol. The minimum absolute atomic E-state index is 0.0414. The second-order valence-corrected chi connectivity index (χ2v) is 4.61. The molecule has 3 rings (SSSR count). The average Bonchev–Trinajstić information content (AvgIpc) is 2.80. The van der Waals surface area contributed by atoms with Crippen LogP contribution in [0.5, 0.6) is 6.01 Å². The summed E-state index contributed by atoms with van der Waals surface area (Å²) in [5.41, 5.74) is 6.45. The van der Waals surface area contributed by atoms with Crippen molar-refractivity contribution in [3.8, 4) is 17.6 Å². The Morgan fingerprint density at radius 2 is 1.95 bits per heavy atom. The number of aromatic nitrogens is 3. The molecule has 3 aromatic rings. The van der Waals surface area contributed by atoms with E-state index in [0.29, 0.717) is 11.6 Å². The molecule has 20 heavy (non-hydrogen) atoms. The van der Waals surface area contributed by atoms with E-state index in [4.69, 9.17) is 14.9 Å². The van der Waals surface area contributed by atoms with Crippen molar-refractivity contribution < 1.29 is 9.15 Å². The van der Waals surface area contributed by atoms with Gasteiger partial charge in [0, 0.05) is 5.39 Å². The van der Waals surface area contributed by atoms with E-state index < -0.39 is 0 Å². The van der Waals surface area contributed by atoms with Crippen LogP contribution < -0.4 is 10.5 Å². The van der Waals surface area contributed by atoms with Crippen LogP contribution in [0.3, 0.4) is 0 Å². The average molecular weight is 270 g/mol.